The molecule has 0 atom stereocenters. The van der Waals surface area contributed by atoms with Crippen LogP contribution in [0.25, 0.3) is 0 Å². The van der Waals surface area contributed by atoms with Crippen molar-refractivity contribution >= 4 is 17.5 Å². The molecule has 0 aliphatic carbocycles. The monoisotopic (exact) mass is 370 g/mol. The van der Waals surface area contributed by atoms with E-state index in [9.17, 15) is 9.59 Å². The number of hydrogen-bond donors (Lipinski definition) is 1. The van der Waals surface area contributed by atoms with Crippen molar-refractivity contribution in [2.24, 2.45) is 0 Å². The van der Waals surface area contributed by atoms with Crippen molar-refractivity contribution in [1.82, 2.24) is 9.55 Å². The van der Waals surface area contributed by atoms with Gasteiger partial charge in [-0.3, -0.25) is 14.2 Å². The molecule has 0 bridgehead atoms. The molecule has 1 aromatic heterocycles. The van der Waals surface area contributed by atoms with Crippen LogP contribution in [0.3, 0.4) is 0 Å². The largest absolute Gasteiger partial charge is 0.486 e. The lowest BCUT2D eigenvalue weighted by atomic mass is 10.2. The second kappa shape index (κ2) is 7.30. The first-order valence-corrected chi connectivity index (χ1v) is 9.13. The van der Waals surface area contributed by atoms with E-state index in [0.29, 0.717) is 42.0 Å². The van der Waals surface area contributed by atoms with Gasteiger partial charge in [-0.15, -0.1) is 0 Å². The molecule has 3 heterocycles. The summed E-state index contributed by atoms with van der Waals surface area (Å²) in [5, 5.41) is 2.82. The number of hydrogen-bond acceptors (Lipinski definition) is 6. The molecule has 2 aromatic rings. The van der Waals surface area contributed by atoms with Gasteiger partial charge in [0.25, 0.3) is 5.56 Å². The second-order valence-corrected chi connectivity index (χ2v) is 6.72. The van der Waals surface area contributed by atoms with Crippen molar-refractivity contribution in [3.63, 3.8) is 0 Å². The number of nitrogens with zero attached hydrogens (tertiary/aromatic N) is 3. The highest BCUT2D eigenvalue weighted by atomic mass is 16.6. The number of nitrogens with one attached hydrogen (secondary N) is 1. The zero-order valence-corrected chi connectivity index (χ0v) is 15.2. The van der Waals surface area contributed by atoms with Crippen molar-refractivity contribution < 1.29 is 14.3 Å². The third-order valence-electron chi connectivity index (χ3n) is 4.63. The molecule has 1 aromatic carbocycles. The molecule has 2 aliphatic rings. The molecular weight excluding hydrogens is 348 g/mol. The number of rotatable bonds is 4. The van der Waals surface area contributed by atoms with Crippen LogP contribution in [0.4, 0.5) is 11.6 Å². The van der Waals surface area contributed by atoms with Crippen molar-refractivity contribution in [3.05, 3.63) is 40.3 Å². The molecule has 0 unspecified atom stereocenters. The Bertz CT molecular complexity index is 918. The summed E-state index contributed by atoms with van der Waals surface area (Å²) in [5.74, 6) is 1.54. The van der Waals surface area contributed by atoms with Crippen molar-refractivity contribution in [2.45, 2.75) is 26.3 Å². The molecule has 1 fully saturated rings. The van der Waals surface area contributed by atoms with E-state index in [1.807, 2.05) is 0 Å². The smallest absolute Gasteiger partial charge is 0.255 e. The molecule has 142 valence electrons. The van der Waals surface area contributed by atoms with Crippen molar-refractivity contribution in [2.75, 3.05) is 36.5 Å². The number of amides is 1. The Labute approximate surface area is 156 Å². The molecule has 4 rings (SSSR count). The van der Waals surface area contributed by atoms with E-state index in [0.717, 1.165) is 25.9 Å². The fourth-order valence-corrected chi connectivity index (χ4v) is 3.38. The topological polar surface area (TPSA) is 85.7 Å². The molecule has 27 heavy (non-hydrogen) atoms. The fraction of sp³-hybridized carbons (Fsp3) is 0.421. The van der Waals surface area contributed by atoms with Crippen LogP contribution in [0.15, 0.2) is 29.1 Å². The highest BCUT2D eigenvalue weighted by Crippen LogP contribution is 2.32. The molecular formula is C19H22N4O4. The number of carbonyl (C=O) groups excluding carboxylic acids is 1. The van der Waals surface area contributed by atoms with E-state index < -0.39 is 0 Å². The third kappa shape index (κ3) is 3.74. The van der Waals surface area contributed by atoms with Gasteiger partial charge in [-0.05, 0) is 31.9 Å². The van der Waals surface area contributed by atoms with Crippen LogP contribution in [0.2, 0.25) is 0 Å². The maximum atomic E-state index is 12.6. The Morgan fingerprint density at radius 3 is 2.67 bits per heavy atom. The van der Waals surface area contributed by atoms with Gasteiger partial charge in [-0.2, -0.15) is 0 Å². The van der Waals surface area contributed by atoms with Crippen LogP contribution < -0.4 is 25.2 Å². The summed E-state index contributed by atoms with van der Waals surface area (Å²) < 4.78 is 12.5. The van der Waals surface area contributed by atoms with Gasteiger partial charge in [-0.25, -0.2) is 4.98 Å². The van der Waals surface area contributed by atoms with E-state index in [2.05, 4.69) is 15.2 Å². The zero-order valence-electron chi connectivity index (χ0n) is 15.2. The minimum absolute atomic E-state index is 0.0909. The molecule has 1 amide bonds. The first kappa shape index (κ1) is 17.4. The summed E-state index contributed by atoms with van der Waals surface area (Å²) >= 11 is 0. The first-order valence-electron chi connectivity index (χ1n) is 9.13. The summed E-state index contributed by atoms with van der Waals surface area (Å²) in [4.78, 5) is 31.6. The molecule has 2 aliphatic heterocycles. The SMILES string of the molecule is Cc1cc(=O)n(CC(=O)Nc2ccc3c(c2)OCCO3)c(N2CCCC2)n1. The lowest BCUT2D eigenvalue weighted by molar-refractivity contribution is -0.116. The van der Waals surface area contributed by atoms with E-state index in [1.54, 1.807) is 25.1 Å². The minimum atomic E-state index is -0.292. The third-order valence-corrected chi connectivity index (χ3v) is 4.63. The predicted molar refractivity (Wildman–Crippen MR) is 101 cm³/mol. The van der Waals surface area contributed by atoms with Crippen molar-refractivity contribution in [3.8, 4) is 11.5 Å². The molecule has 0 radical (unpaired) electrons. The van der Waals surface area contributed by atoms with Crippen LogP contribution in [0.5, 0.6) is 11.5 Å². The quantitative estimate of drug-likeness (QED) is 0.879. The van der Waals surface area contributed by atoms with Crippen molar-refractivity contribution in [1.29, 1.82) is 0 Å². The maximum absolute atomic E-state index is 12.6. The van der Waals surface area contributed by atoms with Crippen LogP contribution in [0.1, 0.15) is 18.5 Å². The summed E-state index contributed by atoms with van der Waals surface area (Å²) in [6.07, 6.45) is 2.13. The van der Waals surface area contributed by atoms with E-state index in [-0.39, 0.29) is 18.0 Å². The number of anilines is 2. The van der Waals surface area contributed by atoms with E-state index >= 15 is 0 Å². The van der Waals surface area contributed by atoms with E-state index in [4.69, 9.17) is 9.47 Å². The average molecular weight is 370 g/mol. The molecule has 8 heteroatoms. The molecule has 0 saturated carbocycles. The normalized spacial score (nSPS) is 15.7. The second-order valence-electron chi connectivity index (χ2n) is 6.72. The van der Waals surface area contributed by atoms with Crippen LogP contribution >= 0.6 is 0 Å². The van der Waals surface area contributed by atoms with Gasteiger partial charge in [-0.1, -0.05) is 0 Å². The van der Waals surface area contributed by atoms with Gasteiger partial charge < -0.3 is 19.7 Å². The number of aromatic nitrogens is 2. The van der Waals surface area contributed by atoms with Crippen LogP contribution in [-0.4, -0.2) is 41.8 Å². The van der Waals surface area contributed by atoms with Crippen LogP contribution in [-0.2, 0) is 11.3 Å². The van der Waals surface area contributed by atoms with Gasteiger partial charge in [0, 0.05) is 36.6 Å². The minimum Gasteiger partial charge on any atom is -0.486 e. The first-order chi connectivity index (χ1) is 13.1. The van der Waals surface area contributed by atoms with Gasteiger partial charge in [0.2, 0.25) is 11.9 Å². The average Bonchev–Trinajstić information content (AvgIpc) is 3.18. The molecule has 1 N–H and O–H groups in total. The number of benzene rings is 1. The maximum Gasteiger partial charge on any atom is 0.255 e. The highest BCUT2D eigenvalue weighted by Gasteiger charge is 2.20. The number of carbonyl (C=O) groups is 1. The fourth-order valence-electron chi connectivity index (χ4n) is 3.38. The summed E-state index contributed by atoms with van der Waals surface area (Å²) in [7, 11) is 0. The predicted octanol–water partition coefficient (Wildman–Crippen LogP) is 1.56. The van der Waals surface area contributed by atoms with Gasteiger partial charge in [0.15, 0.2) is 11.5 Å². The van der Waals surface area contributed by atoms with E-state index in [1.165, 1.54) is 10.6 Å². The number of fused-ring (bicyclic) bond motifs is 1. The van der Waals surface area contributed by atoms with Gasteiger partial charge >= 0.3 is 0 Å². The Hall–Kier alpha value is -3.03. The molecule has 8 nitrogen and oxygen atoms in total. The Balaban J connectivity index is 1.53. The lowest BCUT2D eigenvalue weighted by Crippen LogP contribution is -2.34. The molecule has 1 saturated heterocycles. The standard InChI is InChI=1S/C19H22N4O4/c1-13-10-18(25)23(19(20-13)22-6-2-3-7-22)12-17(24)21-14-4-5-15-16(11-14)27-9-8-26-15/h4-5,10-11H,2-3,6-9,12H2,1H3,(H,21,24). The lowest BCUT2D eigenvalue weighted by Gasteiger charge is -2.21. The van der Waals surface area contributed by atoms with Gasteiger partial charge in [0.1, 0.15) is 19.8 Å². The number of aryl methyl sites for hydroxylation is 1. The number of ether oxygens (including phenoxy) is 2. The summed E-state index contributed by atoms with van der Waals surface area (Å²) in [6, 6.07) is 6.70. The summed E-state index contributed by atoms with van der Waals surface area (Å²) in [6.45, 7) is 4.39. The van der Waals surface area contributed by atoms with Crippen LogP contribution in [0, 0.1) is 6.92 Å². The zero-order chi connectivity index (χ0) is 18.8. The Morgan fingerprint density at radius 2 is 1.89 bits per heavy atom. The molecule has 0 spiro atoms. The van der Waals surface area contributed by atoms with Gasteiger partial charge in [0.05, 0.1) is 0 Å². The summed E-state index contributed by atoms with van der Waals surface area (Å²) in [5.41, 5.74) is 1.03. The highest BCUT2D eigenvalue weighted by molar-refractivity contribution is 5.91. The Morgan fingerprint density at radius 1 is 1.15 bits per heavy atom. The Kier molecular flexibility index (Phi) is 4.70.